The number of ether oxygens (including phenoxy) is 1. The number of carbonyl (C=O) groups excluding carboxylic acids is 2. The normalized spacial score (nSPS) is 16.3. The number of benzene rings is 1. The zero-order valence-electron chi connectivity index (χ0n) is 20.6. The van der Waals surface area contributed by atoms with Crippen molar-refractivity contribution in [1.82, 2.24) is 25.0 Å². The Morgan fingerprint density at radius 1 is 1.22 bits per heavy atom. The van der Waals surface area contributed by atoms with Crippen LogP contribution in [0.3, 0.4) is 0 Å². The van der Waals surface area contributed by atoms with Crippen molar-refractivity contribution in [2.24, 2.45) is 0 Å². The third-order valence-electron chi connectivity index (χ3n) is 5.85. The summed E-state index contributed by atoms with van der Waals surface area (Å²) in [6, 6.07) is 13.5. The Morgan fingerprint density at radius 3 is 2.78 bits per heavy atom. The minimum Gasteiger partial charge on any atom is -0.492 e. The van der Waals surface area contributed by atoms with Gasteiger partial charge in [-0.1, -0.05) is 30.3 Å². The van der Waals surface area contributed by atoms with Gasteiger partial charge in [0, 0.05) is 25.3 Å². The van der Waals surface area contributed by atoms with Crippen molar-refractivity contribution < 1.29 is 19.2 Å². The molecule has 0 saturated carbocycles. The number of hydrogen-bond donors (Lipinski definition) is 1. The molecule has 1 aliphatic heterocycles. The van der Waals surface area contributed by atoms with Gasteiger partial charge in [-0.15, -0.1) is 5.10 Å². The number of aromatic nitrogens is 3. The highest BCUT2D eigenvalue weighted by Crippen LogP contribution is 2.19. The van der Waals surface area contributed by atoms with Crippen LogP contribution in [0.25, 0.3) is 5.65 Å². The molecular formula is C26H30N6O4. The highest BCUT2D eigenvalue weighted by Gasteiger charge is 2.26. The van der Waals surface area contributed by atoms with Crippen molar-refractivity contribution in [3.8, 4) is 0 Å². The van der Waals surface area contributed by atoms with E-state index in [9.17, 15) is 9.59 Å². The maximum Gasteiger partial charge on any atom is 0.256 e. The number of rotatable bonds is 10. The first-order valence-electron chi connectivity index (χ1n) is 11.7. The molecule has 4 rings (SSSR count). The van der Waals surface area contributed by atoms with Crippen molar-refractivity contribution in [2.45, 2.75) is 32.9 Å². The number of fused-ring (bicyclic) bond motifs is 1. The SMILES string of the molecule is CON(/C=C(\C)OCc1ccccc1)/C=C(\C=O)C(=O)N[C@H]1CCN(c2ccc3ncc(C)n3n2)C1. The number of anilines is 1. The Balaban J connectivity index is 1.35. The van der Waals surface area contributed by atoms with Crippen molar-refractivity contribution in [2.75, 3.05) is 25.1 Å². The van der Waals surface area contributed by atoms with E-state index in [2.05, 4.69) is 20.3 Å². The summed E-state index contributed by atoms with van der Waals surface area (Å²) in [5, 5.41) is 8.87. The second kappa shape index (κ2) is 11.5. The molecule has 36 heavy (non-hydrogen) atoms. The van der Waals surface area contributed by atoms with Gasteiger partial charge in [0.25, 0.3) is 5.91 Å². The molecule has 10 heteroatoms. The zero-order chi connectivity index (χ0) is 25.5. The lowest BCUT2D eigenvalue weighted by Crippen LogP contribution is -2.38. The molecule has 188 valence electrons. The van der Waals surface area contributed by atoms with Gasteiger partial charge in [0.1, 0.15) is 18.2 Å². The van der Waals surface area contributed by atoms with Crippen LogP contribution < -0.4 is 10.2 Å². The lowest BCUT2D eigenvalue weighted by Gasteiger charge is -2.18. The molecule has 0 aliphatic carbocycles. The van der Waals surface area contributed by atoms with E-state index in [4.69, 9.17) is 9.57 Å². The van der Waals surface area contributed by atoms with Crippen molar-refractivity contribution in [1.29, 1.82) is 0 Å². The van der Waals surface area contributed by atoms with Gasteiger partial charge in [0.15, 0.2) is 11.9 Å². The second-order valence-electron chi connectivity index (χ2n) is 8.52. The van der Waals surface area contributed by atoms with E-state index in [1.54, 1.807) is 23.8 Å². The summed E-state index contributed by atoms with van der Waals surface area (Å²) < 4.78 is 7.53. The number of aryl methyl sites for hydroxylation is 1. The number of hydroxylamine groups is 2. The van der Waals surface area contributed by atoms with E-state index in [1.165, 1.54) is 18.4 Å². The predicted molar refractivity (Wildman–Crippen MR) is 134 cm³/mol. The van der Waals surface area contributed by atoms with Gasteiger partial charge in [-0.05, 0) is 38.0 Å². The fourth-order valence-corrected chi connectivity index (χ4v) is 3.91. The Hall–Kier alpha value is -4.18. The van der Waals surface area contributed by atoms with Gasteiger partial charge < -0.3 is 15.0 Å². The predicted octanol–water partition coefficient (Wildman–Crippen LogP) is 2.76. The zero-order valence-corrected chi connectivity index (χ0v) is 20.6. The van der Waals surface area contributed by atoms with Crippen LogP contribution in [0.4, 0.5) is 5.82 Å². The summed E-state index contributed by atoms with van der Waals surface area (Å²) in [4.78, 5) is 36.2. The third kappa shape index (κ3) is 6.08. The number of carbonyl (C=O) groups is 2. The quantitative estimate of drug-likeness (QED) is 0.116. The minimum atomic E-state index is -0.468. The number of nitrogens with one attached hydrogen (secondary N) is 1. The number of amides is 1. The van der Waals surface area contributed by atoms with E-state index in [0.29, 0.717) is 25.2 Å². The average molecular weight is 491 g/mol. The van der Waals surface area contributed by atoms with E-state index in [0.717, 1.165) is 35.7 Å². The molecule has 1 aromatic carbocycles. The van der Waals surface area contributed by atoms with Crippen molar-refractivity contribution in [3.63, 3.8) is 0 Å². The first-order valence-corrected chi connectivity index (χ1v) is 11.7. The molecule has 1 amide bonds. The Labute approximate surface area is 209 Å². The van der Waals surface area contributed by atoms with Gasteiger partial charge in [-0.25, -0.2) is 14.6 Å². The fourth-order valence-electron chi connectivity index (χ4n) is 3.91. The standard InChI is InChI=1S/C26H30N6O4/c1-19-13-27-24-9-10-25(29-32(19)24)30-12-11-23(16-30)28-26(34)22(17-33)15-31(35-3)14-20(2)36-18-21-7-5-4-6-8-21/h4-10,13-15,17,23H,11-12,16,18H2,1-3H3,(H,28,34)/b20-14+,22-15+/t23-/m0/s1. The molecule has 1 fully saturated rings. The summed E-state index contributed by atoms with van der Waals surface area (Å²) >= 11 is 0. The molecule has 3 heterocycles. The van der Waals surface area contributed by atoms with Crippen molar-refractivity contribution in [3.05, 3.63) is 83.7 Å². The van der Waals surface area contributed by atoms with Gasteiger partial charge in [0.2, 0.25) is 0 Å². The maximum absolute atomic E-state index is 12.8. The Bertz CT molecular complexity index is 1270. The van der Waals surface area contributed by atoms with E-state index in [-0.39, 0.29) is 11.6 Å². The van der Waals surface area contributed by atoms with E-state index in [1.807, 2.05) is 49.4 Å². The van der Waals surface area contributed by atoms with Crippen LogP contribution in [0.1, 0.15) is 24.6 Å². The van der Waals surface area contributed by atoms with Crippen LogP contribution in [0.5, 0.6) is 0 Å². The van der Waals surface area contributed by atoms with Gasteiger partial charge in [-0.3, -0.25) is 14.4 Å². The number of imidazole rings is 1. The maximum atomic E-state index is 12.8. The molecule has 10 nitrogen and oxygen atoms in total. The molecule has 0 spiro atoms. The number of allylic oxidation sites excluding steroid dienone is 1. The largest absolute Gasteiger partial charge is 0.492 e. The third-order valence-corrected chi connectivity index (χ3v) is 5.85. The molecule has 1 atom stereocenters. The van der Waals surface area contributed by atoms with Gasteiger partial charge in [-0.2, -0.15) is 0 Å². The van der Waals surface area contributed by atoms with Crippen LogP contribution in [-0.2, 0) is 25.8 Å². The van der Waals surface area contributed by atoms with Crippen LogP contribution in [0.15, 0.2) is 72.4 Å². The van der Waals surface area contributed by atoms with Crippen LogP contribution in [-0.4, -0.2) is 58.1 Å². The highest BCUT2D eigenvalue weighted by molar-refractivity contribution is 6.10. The molecule has 1 aliphatic rings. The number of nitrogens with zero attached hydrogens (tertiary/aromatic N) is 5. The van der Waals surface area contributed by atoms with E-state index >= 15 is 0 Å². The summed E-state index contributed by atoms with van der Waals surface area (Å²) in [6.07, 6.45) is 5.93. The van der Waals surface area contributed by atoms with Crippen molar-refractivity contribution >= 4 is 23.7 Å². The number of aldehydes is 1. The molecule has 0 bridgehead atoms. The van der Waals surface area contributed by atoms with Crippen LogP contribution in [0.2, 0.25) is 0 Å². The summed E-state index contributed by atoms with van der Waals surface area (Å²) in [5.74, 6) is 0.906. The average Bonchev–Trinajstić information content (AvgIpc) is 3.52. The smallest absolute Gasteiger partial charge is 0.256 e. The Morgan fingerprint density at radius 2 is 2.03 bits per heavy atom. The summed E-state index contributed by atoms with van der Waals surface area (Å²) in [7, 11) is 1.44. The molecule has 2 aromatic heterocycles. The van der Waals surface area contributed by atoms with Gasteiger partial charge >= 0.3 is 0 Å². The molecule has 3 aromatic rings. The lowest BCUT2D eigenvalue weighted by atomic mass is 10.2. The van der Waals surface area contributed by atoms with Crippen LogP contribution in [0, 0.1) is 6.92 Å². The lowest BCUT2D eigenvalue weighted by molar-refractivity contribution is -0.120. The second-order valence-corrected chi connectivity index (χ2v) is 8.52. The molecule has 0 radical (unpaired) electrons. The minimum absolute atomic E-state index is 0.0593. The first kappa shape index (κ1) is 24.9. The number of hydrogen-bond acceptors (Lipinski definition) is 8. The molecule has 1 saturated heterocycles. The summed E-state index contributed by atoms with van der Waals surface area (Å²) in [6.45, 7) is 5.44. The summed E-state index contributed by atoms with van der Waals surface area (Å²) in [5.41, 5.74) is 2.71. The molecule has 1 N–H and O–H groups in total. The molecule has 0 unspecified atom stereocenters. The molecular weight excluding hydrogens is 460 g/mol. The monoisotopic (exact) mass is 490 g/mol. The van der Waals surface area contributed by atoms with Gasteiger partial charge in [0.05, 0.1) is 30.8 Å². The topological polar surface area (TPSA) is 101 Å². The first-order chi connectivity index (χ1) is 17.5. The fraction of sp³-hybridized carbons (Fsp3) is 0.308. The van der Waals surface area contributed by atoms with Crippen LogP contribution >= 0.6 is 0 Å². The van der Waals surface area contributed by atoms with E-state index < -0.39 is 5.91 Å². The highest BCUT2D eigenvalue weighted by atomic mass is 16.7. The Kier molecular flexibility index (Phi) is 7.96.